The van der Waals surface area contributed by atoms with Crippen molar-refractivity contribution in [3.05, 3.63) is 0 Å². The molecule has 1 saturated heterocycles. The Hall–Kier alpha value is -1.19. The first-order chi connectivity index (χ1) is 10.8. The molecule has 0 saturated carbocycles. The molecule has 0 aromatic rings. The molecule has 1 unspecified atom stereocenters. The first kappa shape index (κ1) is 19.9. The van der Waals surface area contributed by atoms with E-state index in [1.807, 2.05) is 20.8 Å². The Labute approximate surface area is 141 Å². The molecule has 0 N–H and O–H groups in total. The van der Waals surface area contributed by atoms with Crippen molar-refractivity contribution < 1.29 is 14.4 Å². The number of imide groups is 1. The van der Waals surface area contributed by atoms with Crippen LogP contribution in [0.2, 0.25) is 0 Å². The second-order valence-corrected chi connectivity index (χ2v) is 7.76. The largest absolute Gasteiger partial charge is 0.299 e. The van der Waals surface area contributed by atoms with E-state index < -0.39 is 0 Å². The lowest BCUT2D eigenvalue weighted by Gasteiger charge is -2.17. The Kier molecular flexibility index (Phi) is 7.93. The second-order valence-electron chi connectivity index (χ2n) is 7.76. The third kappa shape index (κ3) is 6.44. The maximum Gasteiger partial charge on any atom is 0.232 e. The van der Waals surface area contributed by atoms with Gasteiger partial charge in [-0.15, -0.1) is 0 Å². The second kappa shape index (κ2) is 9.19. The quantitative estimate of drug-likeness (QED) is 0.449. The number of likely N-dealkylation sites (tertiary alicyclic amines) is 1. The molecule has 23 heavy (non-hydrogen) atoms. The minimum atomic E-state index is -0.271. The van der Waals surface area contributed by atoms with Gasteiger partial charge in [-0.3, -0.25) is 19.3 Å². The summed E-state index contributed by atoms with van der Waals surface area (Å²) in [4.78, 5) is 37.5. The van der Waals surface area contributed by atoms with Crippen LogP contribution in [0.15, 0.2) is 0 Å². The van der Waals surface area contributed by atoms with Crippen molar-refractivity contribution >= 4 is 17.6 Å². The first-order valence-electron chi connectivity index (χ1n) is 9.15. The van der Waals surface area contributed by atoms with Crippen LogP contribution in [0.3, 0.4) is 0 Å². The van der Waals surface area contributed by atoms with Gasteiger partial charge in [-0.2, -0.15) is 0 Å². The molecule has 1 heterocycles. The van der Waals surface area contributed by atoms with E-state index in [0.29, 0.717) is 19.4 Å². The fraction of sp³-hybridized carbons (Fsp3) is 0.842. The van der Waals surface area contributed by atoms with Gasteiger partial charge >= 0.3 is 0 Å². The zero-order valence-corrected chi connectivity index (χ0v) is 15.3. The number of hydrogen-bond acceptors (Lipinski definition) is 3. The van der Waals surface area contributed by atoms with Gasteiger partial charge in [-0.05, 0) is 19.3 Å². The number of amides is 2. The SMILES string of the molecule is CCCCCC1CC(=O)N(CCCCCC(=O)C(C)(C)C)C1=O. The molecule has 1 atom stereocenters. The van der Waals surface area contributed by atoms with Gasteiger partial charge in [0.2, 0.25) is 11.8 Å². The molecule has 0 bridgehead atoms. The van der Waals surface area contributed by atoms with Crippen molar-refractivity contribution in [2.75, 3.05) is 6.54 Å². The van der Waals surface area contributed by atoms with Gasteiger partial charge < -0.3 is 0 Å². The molecule has 4 nitrogen and oxygen atoms in total. The van der Waals surface area contributed by atoms with Crippen LogP contribution in [-0.2, 0) is 14.4 Å². The number of carbonyl (C=O) groups is 3. The smallest absolute Gasteiger partial charge is 0.232 e. The van der Waals surface area contributed by atoms with Crippen molar-refractivity contribution in [3.63, 3.8) is 0 Å². The van der Waals surface area contributed by atoms with Crippen LogP contribution in [0.1, 0.15) is 85.5 Å². The molecule has 2 amide bonds. The molecule has 0 aromatic carbocycles. The maximum atomic E-state index is 12.3. The summed E-state index contributed by atoms with van der Waals surface area (Å²) in [5, 5.41) is 0. The lowest BCUT2D eigenvalue weighted by atomic mass is 9.88. The van der Waals surface area contributed by atoms with Gasteiger partial charge in [0, 0.05) is 30.7 Å². The van der Waals surface area contributed by atoms with Crippen molar-refractivity contribution in [2.24, 2.45) is 11.3 Å². The molecule has 1 aliphatic rings. The predicted octanol–water partition coefficient (Wildman–Crippen LogP) is 4.12. The summed E-state index contributed by atoms with van der Waals surface area (Å²) in [6, 6.07) is 0. The fourth-order valence-electron chi connectivity index (χ4n) is 2.96. The highest BCUT2D eigenvalue weighted by atomic mass is 16.2. The van der Waals surface area contributed by atoms with E-state index in [-0.39, 0.29) is 28.9 Å². The minimum absolute atomic E-state index is 0.0118. The normalized spacial score (nSPS) is 18.8. The van der Waals surface area contributed by atoms with E-state index in [2.05, 4.69) is 6.92 Å². The van der Waals surface area contributed by atoms with Crippen LogP contribution in [0, 0.1) is 11.3 Å². The Bertz CT molecular complexity index is 423. The Morgan fingerprint density at radius 3 is 2.39 bits per heavy atom. The van der Waals surface area contributed by atoms with Gasteiger partial charge in [-0.25, -0.2) is 0 Å². The van der Waals surface area contributed by atoms with Crippen LogP contribution >= 0.6 is 0 Å². The lowest BCUT2D eigenvalue weighted by molar-refractivity contribution is -0.139. The van der Waals surface area contributed by atoms with Crippen molar-refractivity contribution in [1.82, 2.24) is 4.90 Å². The molecule has 1 rings (SSSR count). The minimum Gasteiger partial charge on any atom is -0.299 e. The average Bonchev–Trinajstić information content (AvgIpc) is 2.73. The van der Waals surface area contributed by atoms with E-state index >= 15 is 0 Å². The van der Waals surface area contributed by atoms with E-state index in [1.54, 1.807) is 0 Å². The maximum absolute atomic E-state index is 12.3. The number of unbranched alkanes of at least 4 members (excludes halogenated alkanes) is 4. The van der Waals surface area contributed by atoms with Crippen LogP contribution in [-0.4, -0.2) is 29.0 Å². The molecule has 0 spiro atoms. The van der Waals surface area contributed by atoms with Crippen LogP contribution in [0.25, 0.3) is 0 Å². The van der Waals surface area contributed by atoms with Crippen LogP contribution in [0.5, 0.6) is 0 Å². The number of hydrogen-bond donors (Lipinski definition) is 0. The number of Topliss-reactive ketones (excluding diaryl/α,β-unsaturated/α-hetero) is 1. The van der Waals surface area contributed by atoms with E-state index in [4.69, 9.17) is 0 Å². The number of nitrogens with zero attached hydrogens (tertiary/aromatic N) is 1. The van der Waals surface area contributed by atoms with Crippen molar-refractivity contribution in [1.29, 1.82) is 0 Å². The standard InChI is InChI=1S/C19H33NO3/c1-5-6-8-11-15-14-17(22)20(18(15)23)13-10-7-9-12-16(21)19(2,3)4/h15H,5-14H2,1-4H3. The van der Waals surface area contributed by atoms with Gasteiger partial charge in [-0.1, -0.05) is 53.4 Å². The molecule has 0 aliphatic carbocycles. The number of carbonyl (C=O) groups excluding carboxylic acids is 3. The fourth-order valence-corrected chi connectivity index (χ4v) is 2.96. The Balaban J connectivity index is 2.25. The third-order valence-electron chi connectivity index (χ3n) is 4.62. The molecule has 4 heteroatoms. The van der Waals surface area contributed by atoms with Crippen LogP contribution < -0.4 is 0 Å². The summed E-state index contributed by atoms with van der Waals surface area (Å²) in [6.45, 7) is 8.48. The van der Waals surface area contributed by atoms with Crippen molar-refractivity contribution in [3.8, 4) is 0 Å². The summed E-state index contributed by atoms with van der Waals surface area (Å²) in [5.74, 6) is 0.206. The number of rotatable bonds is 10. The average molecular weight is 323 g/mol. The molecular formula is C19H33NO3. The van der Waals surface area contributed by atoms with E-state index in [9.17, 15) is 14.4 Å². The van der Waals surface area contributed by atoms with E-state index in [0.717, 1.165) is 44.9 Å². The van der Waals surface area contributed by atoms with Crippen LogP contribution in [0.4, 0.5) is 0 Å². The monoisotopic (exact) mass is 323 g/mol. The summed E-state index contributed by atoms with van der Waals surface area (Å²) >= 11 is 0. The van der Waals surface area contributed by atoms with Gasteiger partial charge in [0.15, 0.2) is 0 Å². The predicted molar refractivity (Wildman–Crippen MR) is 91.9 cm³/mol. The Morgan fingerprint density at radius 1 is 1.09 bits per heavy atom. The van der Waals surface area contributed by atoms with Crippen molar-refractivity contribution in [2.45, 2.75) is 85.5 Å². The topological polar surface area (TPSA) is 54.5 Å². The molecule has 1 aliphatic heterocycles. The molecule has 0 aromatic heterocycles. The highest BCUT2D eigenvalue weighted by Crippen LogP contribution is 2.25. The van der Waals surface area contributed by atoms with Gasteiger partial charge in [0.1, 0.15) is 5.78 Å². The summed E-state index contributed by atoms with van der Waals surface area (Å²) in [7, 11) is 0. The van der Waals surface area contributed by atoms with Gasteiger partial charge in [0.05, 0.1) is 0 Å². The summed E-state index contributed by atoms with van der Waals surface area (Å²) in [5.41, 5.74) is -0.271. The molecule has 132 valence electrons. The highest BCUT2D eigenvalue weighted by molar-refractivity contribution is 6.03. The molecule has 1 fully saturated rings. The summed E-state index contributed by atoms with van der Waals surface area (Å²) in [6.07, 6.45) is 7.64. The first-order valence-corrected chi connectivity index (χ1v) is 9.15. The lowest BCUT2D eigenvalue weighted by Crippen LogP contribution is -2.31. The Morgan fingerprint density at radius 2 is 1.78 bits per heavy atom. The van der Waals surface area contributed by atoms with Gasteiger partial charge in [0.25, 0.3) is 0 Å². The summed E-state index contributed by atoms with van der Waals surface area (Å²) < 4.78 is 0. The zero-order valence-electron chi connectivity index (χ0n) is 15.3. The highest BCUT2D eigenvalue weighted by Gasteiger charge is 2.37. The zero-order chi connectivity index (χ0) is 17.5. The molecule has 0 radical (unpaired) electrons. The van der Waals surface area contributed by atoms with E-state index in [1.165, 1.54) is 4.90 Å². The molecular weight excluding hydrogens is 290 g/mol. The third-order valence-corrected chi connectivity index (χ3v) is 4.62. The number of ketones is 1.